The van der Waals surface area contributed by atoms with E-state index in [1.165, 1.54) is 0 Å². The van der Waals surface area contributed by atoms with Crippen LogP contribution in [0, 0.1) is 0 Å². The molecule has 0 aromatic carbocycles. The van der Waals surface area contributed by atoms with Gasteiger partial charge in [-0.05, 0) is 13.3 Å². The Morgan fingerprint density at radius 1 is 1.23 bits per heavy atom. The molecule has 0 fully saturated rings. The minimum atomic E-state index is -3.23. The van der Waals surface area contributed by atoms with Crippen molar-refractivity contribution >= 4 is 7.60 Å². The molecule has 85 valence electrons. The summed E-state index contributed by atoms with van der Waals surface area (Å²) in [6.45, 7) is 4.16. The maximum atomic E-state index is 11.1. The number of rotatable bonds is 7. The Balaban J connectivity index is 0. The van der Waals surface area contributed by atoms with Gasteiger partial charge in [0, 0.05) is 23.2 Å². The van der Waals surface area contributed by atoms with Crippen LogP contribution in [-0.2, 0) is 26.2 Å². The molecule has 0 aliphatic carbocycles. The third-order valence-corrected chi connectivity index (χ3v) is 3.17. The summed E-state index contributed by atoms with van der Waals surface area (Å²) in [7, 11) is -3.23. The first kappa shape index (κ1) is 16.1. The molecule has 1 N–H and O–H groups in total. The molecule has 0 heterocycles. The van der Waals surface area contributed by atoms with Crippen LogP contribution in [0.4, 0.5) is 0 Å². The van der Waals surface area contributed by atoms with E-state index in [1.807, 2.05) is 0 Å². The van der Waals surface area contributed by atoms with Crippen molar-refractivity contribution in [3.8, 4) is 0 Å². The van der Waals surface area contributed by atoms with E-state index in [9.17, 15) is 4.57 Å². The molecule has 0 aliphatic rings. The zero-order chi connectivity index (χ0) is 9.45. The molecule has 1 unspecified atom stereocenters. The van der Waals surface area contributed by atoms with Crippen molar-refractivity contribution < 1.29 is 31.1 Å². The van der Waals surface area contributed by atoms with Crippen LogP contribution in [0.3, 0.4) is 0 Å². The normalized spacial score (nSPS) is 14.7. The summed E-state index contributed by atoms with van der Waals surface area (Å²) in [5.41, 5.74) is 0. The first-order valence-corrected chi connectivity index (χ1v) is 6.35. The smallest absolute Gasteiger partial charge is 0.324 e. The average Bonchev–Trinajstić information content (AvgIpc) is 1.98. The quantitative estimate of drug-likeness (QED) is 0.433. The summed E-state index contributed by atoms with van der Waals surface area (Å²) in [5.74, 6) is 0. The van der Waals surface area contributed by atoms with Crippen LogP contribution < -0.4 is 0 Å². The number of hydrogen-bond donors (Lipinski definition) is 1. The second-order valence-electron chi connectivity index (χ2n) is 2.84. The predicted octanol–water partition coefficient (Wildman–Crippen LogP) is 2.79. The van der Waals surface area contributed by atoms with E-state index in [-0.39, 0.29) is 17.1 Å². The summed E-state index contributed by atoms with van der Waals surface area (Å²) in [6.07, 6.45) is 4.40. The van der Waals surface area contributed by atoms with Crippen molar-refractivity contribution in [2.24, 2.45) is 0 Å². The zero-order valence-electron chi connectivity index (χ0n) is 8.26. The van der Waals surface area contributed by atoms with E-state index in [4.69, 9.17) is 9.42 Å². The van der Waals surface area contributed by atoms with Gasteiger partial charge in [-0.2, -0.15) is 0 Å². The number of hydrogen-bond acceptors (Lipinski definition) is 2. The van der Waals surface area contributed by atoms with Crippen molar-refractivity contribution in [2.75, 3.05) is 12.8 Å². The van der Waals surface area contributed by atoms with Crippen LogP contribution in [0.15, 0.2) is 0 Å². The molecule has 0 bridgehead atoms. The van der Waals surface area contributed by atoms with Gasteiger partial charge >= 0.3 is 7.60 Å². The van der Waals surface area contributed by atoms with Gasteiger partial charge in [-0.25, -0.2) is 0 Å². The van der Waals surface area contributed by atoms with Crippen LogP contribution in [-0.4, -0.2) is 17.7 Å². The van der Waals surface area contributed by atoms with Gasteiger partial charge < -0.3 is 9.42 Å². The van der Waals surface area contributed by atoms with Crippen LogP contribution in [0.25, 0.3) is 0 Å². The summed E-state index contributed by atoms with van der Waals surface area (Å²) in [5, 5.41) is 0. The van der Waals surface area contributed by atoms with Crippen molar-refractivity contribution in [1.29, 1.82) is 0 Å². The zero-order valence-corrected chi connectivity index (χ0v) is 10.1. The summed E-state index contributed by atoms with van der Waals surface area (Å²) in [4.78, 5) is 9.15. The van der Waals surface area contributed by atoms with Gasteiger partial charge in [0.1, 0.15) is 0 Å². The van der Waals surface area contributed by atoms with E-state index in [0.717, 1.165) is 25.7 Å². The van der Waals surface area contributed by atoms with Gasteiger partial charge in [-0.15, -0.1) is 0 Å². The molecule has 0 spiro atoms. The van der Waals surface area contributed by atoms with E-state index in [1.54, 1.807) is 6.92 Å². The Morgan fingerprint density at radius 3 is 2.31 bits per heavy atom. The van der Waals surface area contributed by atoms with Crippen molar-refractivity contribution in [3.05, 3.63) is 0 Å². The van der Waals surface area contributed by atoms with Crippen LogP contribution in [0.5, 0.6) is 0 Å². The van der Waals surface area contributed by atoms with Gasteiger partial charge in [-0.3, -0.25) is 4.57 Å². The third kappa shape index (κ3) is 10.6. The molecule has 0 aromatic heterocycles. The summed E-state index contributed by atoms with van der Waals surface area (Å²) < 4.78 is 15.8. The summed E-state index contributed by atoms with van der Waals surface area (Å²) >= 11 is 0. The van der Waals surface area contributed by atoms with Crippen LogP contribution in [0.2, 0.25) is 0 Å². The molecule has 0 aromatic rings. The second-order valence-corrected chi connectivity index (χ2v) is 4.82. The fourth-order valence-corrected chi connectivity index (χ4v) is 2.16. The molecule has 0 amide bonds. The van der Waals surface area contributed by atoms with Crippen LogP contribution in [0.1, 0.15) is 39.5 Å². The maximum absolute atomic E-state index is 11.1. The minimum absolute atomic E-state index is 0. The Hall–Kier alpha value is 0.669. The molecule has 3 nitrogen and oxygen atoms in total. The van der Waals surface area contributed by atoms with Crippen molar-refractivity contribution in [2.45, 2.75) is 39.5 Å². The second kappa shape index (κ2) is 9.23. The van der Waals surface area contributed by atoms with E-state index < -0.39 is 7.60 Å². The third-order valence-electron chi connectivity index (χ3n) is 1.63. The largest absolute Gasteiger partial charge is 0.328 e. The molecule has 13 heavy (non-hydrogen) atoms. The van der Waals surface area contributed by atoms with E-state index in [2.05, 4.69) is 6.92 Å². The van der Waals surface area contributed by atoms with E-state index >= 15 is 0 Å². The minimum Gasteiger partial charge on any atom is -0.324 e. The average molecular weight is 258 g/mol. The standard InChI is InChI=1S/C8H19O3P.Cu/c1-3-5-6-7-8-12(9,10)11-4-2;/h3-8H2,1-2H3,(H,9,10);. The van der Waals surface area contributed by atoms with Gasteiger partial charge in [0.05, 0.1) is 6.61 Å². The first-order valence-electron chi connectivity index (χ1n) is 4.58. The molecular formula is C8H19CuO3P. The Morgan fingerprint density at radius 2 is 1.85 bits per heavy atom. The Kier molecular flexibility index (Phi) is 11.4. The SMILES string of the molecule is CCCCCCP(=O)(O)OCC.[Cu]. The van der Waals surface area contributed by atoms with Gasteiger partial charge in [0.25, 0.3) is 0 Å². The van der Waals surface area contributed by atoms with Crippen LogP contribution >= 0.6 is 7.60 Å². The molecule has 1 atom stereocenters. The molecule has 0 aliphatic heterocycles. The fraction of sp³-hybridized carbons (Fsp3) is 1.00. The molecular weight excluding hydrogens is 239 g/mol. The first-order chi connectivity index (χ1) is 5.62. The molecule has 5 heteroatoms. The summed E-state index contributed by atoms with van der Waals surface area (Å²) in [6, 6.07) is 0. The fourth-order valence-electron chi connectivity index (χ4n) is 1.00. The maximum Gasteiger partial charge on any atom is 0.328 e. The molecule has 0 saturated heterocycles. The van der Waals surface area contributed by atoms with Gasteiger partial charge in [-0.1, -0.05) is 26.2 Å². The molecule has 0 rings (SSSR count). The topological polar surface area (TPSA) is 46.5 Å². The predicted molar refractivity (Wildman–Crippen MR) is 50.5 cm³/mol. The van der Waals surface area contributed by atoms with Gasteiger partial charge in [0.2, 0.25) is 0 Å². The Bertz CT molecular complexity index is 152. The number of unbranched alkanes of at least 4 members (excludes halogenated alkanes) is 3. The molecule has 0 saturated carbocycles. The van der Waals surface area contributed by atoms with Gasteiger partial charge in [0.15, 0.2) is 0 Å². The monoisotopic (exact) mass is 257 g/mol. The Labute approximate surface area is 91.3 Å². The molecule has 1 radical (unpaired) electrons. The van der Waals surface area contributed by atoms with Crippen molar-refractivity contribution in [1.82, 2.24) is 0 Å². The van der Waals surface area contributed by atoms with Crippen molar-refractivity contribution in [3.63, 3.8) is 0 Å². The van der Waals surface area contributed by atoms with E-state index in [0.29, 0.717) is 12.8 Å².